The maximum Gasteiger partial charge on any atom is 0.223 e. The summed E-state index contributed by atoms with van der Waals surface area (Å²) >= 11 is 0. The summed E-state index contributed by atoms with van der Waals surface area (Å²) in [4.78, 5) is 14.7. The number of nitrogens with zero attached hydrogens (tertiary/aromatic N) is 1. The number of carbonyl (C=O) groups is 1. The van der Waals surface area contributed by atoms with Crippen molar-refractivity contribution in [2.24, 2.45) is 11.3 Å². The molecule has 1 heterocycles. The number of aliphatic hydroxyl groups excluding tert-OH is 1. The highest BCUT2D eigenvalue weighted by Gasteiger charge is 2.48. The van der Waals surface area contributed by atoms with E-state index < -0.39 is 0 Å². The van der Waals surface area contributed by atoms with Gasteiger partial charge in [-0.15, -0.1) is 0 Å². The van der Waals surface area contributed by atoms with Gasteiger partial charge in [-0.05, 0) is 49.9 Å². The zero-order valence-electron chi connectivity index (χ0n) is 12.1. The molecule has 108 valence electrons. The van der Waals surface area contributed by atoms with Crippen molar-refractivity contribution < 1.29 is 9.90 Å². The number of hydrogen-bond acceptors (Lipinski definition) is 2. The van der Waals surface area contributed by atoms with Gasteiger partial charge in [0.2, 0.25) is 5.91 Å². The number of fused-ring (bicyclic) bond motifs is 1. The summed E-state index contributed by atoms with van der Waals surface area (Å²) in [6, 6.07) is 0.393. The number of amides is 1. The van der Waals surface area contributed by atoms with Crippen LogP contribution in [0.25, 0.3) is 0 Å². The molecule has 1 aliphatic heterocycles. The Balaban J connectivity index is 1.63. The molecule has 19 heavy (non-hydrogen) atoms. The SMILES string of the molecule is C[C@@]12CCN(C(=O)CC3CCCC3)[C@@H]1CC[C@@H](O)C2. The molecule has 0 unspecified atom stereocenters. The topological polar surface area (TPSA) is 40.5 Å². The van der Waals surface area contributed by atoms with Gasteiger partial charge in [-0.1, -0.05) is 19.8 Å². The minimum Gasteiger partial charge on any atom is -0.393 e. The fourth-order valence-electron chi connectivity index (χ4n) is 4.68. The van der Waals surface area contributed by atoms with Gasteiger partial charge in [0.15, 0.2) is 0 Å². The zero-order chi connectivity index (χ0) is 13.5. The van der Waals surface area contributed by atoms with Gasteiger partial charge < -0.3 is 10.0 Å². The molecule has 3 atom stereocenters. The Hall–Kier alpha value is -0.570. The van der Waals surface area contributed by atoms with E-state index in [4.69, 9.17) is 0 Å². The number of likely N-dealkylation sites (tertiary alicyclic amines) is 1. The lowest BCUT2D eigenvalue weighted by atomic mass is 9.71. The smallest absolute Gasteiger partial charge is 0.223 e. The van der Waals surface area contributed by atoms with Crippen molar-refractivity contribution in [2.45, 2.75) is 76.9 Å². The summed E-state index contributed by atoms with van der Waals surface area (Å²) in [6.07, 6.45) is 9.56. The van der Waals surface area contributed by atoms with Crippen LogP contribution in [0.1, 0.15) is 64.7 Å². The van der Waals surface area contributed by atoms with Crippen LogP contribution < -0.4 is 0 Å². The molecular weight excluding hydrogens is 238 g/mol. The molecule has 3 rings (SSSR count). The summed E-state index contributed by atoms with van der Waals surface area (Å²) in [5.74, 6) is 1.03. The molecule has 0 spiro atoms. The third-order valence-corrected chi connectivity index (χ3v) is 5.84. The van der Waals surface area contributed by atoms with Crippen molar-refractivity contribution in [2.75, 3.05) is 6.54 Å². The van der Waals surface area contributed by atoms with Crippen LogP contribution in [-0.4, -0.2) is 34.6 Å². The van der Waals surface area contributed by atoms with Crippen LogP contribution in [0.5, 0.6) is 0 Å². The van der Waals surface area contributed by atoms with Crippen molar-refractivity contribution in [1.29, 1.82) is 0 Å². The van der Waals surface area contributed by atoms with E-state index in [1.165, 1.54) is 25.7 Å². The maximum absolute atomic E-state index is 12.5. The summed E-state index contributed by atoms with van der Waals surface area (Å²) < 4.78 is 0. The fraction of sp³-hybridized carbons (Fsp3) is 0.938. The first kappa shape index (κ1) is 13.4. The molecule has 3 nitrogen and oxygen atoms in total. The standard InChI is InChI=1S/C16H27NO2/c1-16-8-9-17(14(16)7-6-13(18)11-16)15(19)10-12-4-2-3-5-12/h12-14,18H,2-11H2,1H3/t13-,14-,16+/m1/s1. The third kappa shape index (κ3) is 2.54. The van der Waals surface area contributed by atoms with Crippen molar-refractivity contribution in [3.63, 3.8) is 0 Å². The van der Waals surface area contributed by atoms with Gasteiger partial charge in [0.25, 0.3) is 0 Å². The van der Waals surface area contributed by atoms with Crippen molar-refractivity contribution in [3.05, 3.63) is 0 Å². The Morgan fingerprint density at radius 2 is 2.00 bits per heavy atom. The number of hydrogen-bond donors (Lipinski definition) is 1. The van der Waals surface area contributed by atoms with Crippen molar-refractivity contribution in [1.82, 2.24) is 4.90 Å². The summed E-state index contributed by atoms with van der Waals surface area (Å²) in [5, 5.41) is 9.87. The van der Waals surface area contributed by atoms with Crippen LogP contribution in [0.2, 0.25) is 0 Å². The van der Waals surface area contributed by atoms with E-state index in [0.717, 1.165) is 38.6 Å². The lowest BCUT2D eigenvalue weighted by Crippen LogP contribution is -2.46. The molecule has 3 heteroatoms. The van der Waals surface area contributed by atoms with E-state index in [-0.39, 0.29) is 11.5 Å². The monoisotopic (exact) mass is 265 g/mol. The third-order valence-electron chi connectivity index (χ3n) is 5.84. The molecule has 1 N–H and O–H groups in total. The van der Waals surface area contributed by atoms with Gasteiger partial charge in [-0.25, -0.2) is 0 Å². The van der Waals surface area contributed by atoms with Gasteiger partial charge in [0, 0.05) is 19.0 Å². The highest BCUT2D eigenvalue weighted by molar-refractivity contribution is 5.77. The molecule has 3 fully saturated rings. The Kier molecular flexibility index (Phi) is 3.59. The number of rotatable bonds is 2. The minimum absolute atomic E-state index is 0.147. The van der Waals surface area contributed by atoms with Gasteiger partial charge in [-0.3, -0.25) is 4.79 Å². The summed E-state index contributed by atoms with van der Waals surface area (Å²) in [5.41, 5.74) is 0.170. The molecule has 0 radical (unpaired) electrons. The Morgan fingerprint density at radius 3 is 2.74 bits per heavy atom. The zero-order valence-corrected chi connectivity index (χ0v) is 12.1. The lowest BCUT2D eigenvalue weighted by molar-refractivity contribution is -0.135. The van der Waals surface area contributed by atoms with Gasteiger partial charge in [0.1, 0.15) is 0 Å². The molecule has 3 aliphatic rings. The lowest BCUT2D eigenvalue weighted by Gasteiger charge is -2.41. The molecule has 0 aromatic heterocycles. The second-order valence-corrected chi connectivity index (χ2v) is 7.30. The molecule has 1 saturated heterocycles. The summed E-state index contributed by atoms with van der Waals surface area (Å²) in [7, 11) is 0. The quantitative estimate of drug-likeness (QED) is 0.834. The van der Waals surface area contributed by atoms with E-state index in [1.807, 2.05) is 0 Å². The van der Waals surface area contributed by atoms with E-state index in [2.05, 4.69) is 11.8 Å². The minimum atomic E-state index is -0.147. The number of aliphatic hydroxyl groups is 1. The largest absolute Gasteiger partial charge is 0.393 e. The van der Waals surface area contributed by atoms with Gasteiger partial charge in [-0.2, -0.15) is 0 Å². The second kappa shape index (κ2) is 5.08. The first-order valence-corrected chi connectivity index (χ1v) is 8.06. The molecule has 0 aromatic rings. The normalized spacial score (nSPS) is 39.6. The highest BCUT2D eigenvalue weighted by Crippen LogP contribution is 2.47. The number of carbonyl (C=O) groups excluding carboxylic acids is 1. The van der Waals surface area contributed by atoms with E-state index in [0.29, 0.717) is 17.9 Å². The van der Waals surface area contributed by atoms with Crippen LogP contribution in [0, 0.1) is 11.3 Å². The highest BCUT2D eigenvalue weighted by atomic mass is 16.3. The van der Waals surface area contributed by atoms with Crippen molar-refractivity contribution >= 4 is 5.91 Å². The van der Waals surface area contributed by atoms with E-state index in [1.54, 1.807) is 0 Å². The first-order chi connectivity index (χ1) is 9.08. The fourth-order valence-corrected chi connectivity index (χ4v) is 4.68. The molecule has 2 saturated carbocycles. The van der Waals surface area contributed by atoms with Crippen LogP contribution in [0.3, 0.4) is 0 Å². The Bertz CT molecular complexity index is 351. The molecule has 1 amide bonds. The van der Waals surface area contributed by atoms with Crippen LogP contribution >= 0.6 is 0 Å². The molecule has 0 bridgehead atoms. The molecule has 0 aromatic carbocycles. The molecular formula is C16H27NO2. The van der Waals surface area contributed by atoms with Gasteiger partial charge in [0.05, 0.1) is 6.10 Å². The van der Waals surface area contributed by atoms with Gasteiger partial charge >= 0.3 is 0 Å². The predicted molar refractivity (Wildman–Crippen MR) is 74.7 cm³/mol. The average molecular weight is 265 g/mol. The predicted octanol–water partition coefficient (Wildman–Crippen LogP) is 2.72. The summed E-state index contributed by atoms with van der Waals surface area (Å²) in [6.45, 7) is 3.18. The Morgan fingerprint density at radius 1 is 1.26 bits per heavy atom. The van der Waals surface area contributed by atoms with E-state index >= 15 is 0 Å². The second-order valence-electron chi connectivity index (χ2n) is 7.30. The van der Waals surface area contributed by atoms with Crippen LogP contribution in [-0.2, 0) is 4.79 Å². The van der Waals surface area contributed by atoms with Crippen molar-refractivity contribution in [3.8, 4) is 0 Å². The van der Waals surface area contributed by atoms with Crippen LogP contribution in [0.4, 0.5) is 0 Å². The van der Waals surface area contributed by atoms with Crippen LogP contribution in [0.15, 0.2) is 0 Å². The Labute approximate surface area is 116 Å². The average Bonchev–Trinajstić information content (AvgIpc) is 2.95. The molecule has 2 aliphatic carbocycles. The maximum atomic E-state index is 12.5. The van der Waals surface area contributed by atoms with E-state index in [9.17, 15) is 9.90 Å². The first-order valence-electron chi connectivity index (χ1n) is 8.06.